The highest BCUT2D eigenvalue weighted by Crippen LogP contribution is 2.22. The Hall–Kier alpha value is -2.79. The Morgan fingerprint density at radius 2 is 1.91 bits per heavy atom. The predicted molar refractivity (Wildman–Crippen MR) is 90.0 cm³/mol. The van der Waals surface area contributed by atoms with Crippen LogP contribution < -0.4 is 10.1 Å². The van der Waals surface area contributed by atoms with E-state index < -0.39 is 0 Å². The molecule has 1 heterocycles. The topological polar surface area (TPSA) is 67.0 Å². The molecule has 6 heteroatoms. The van der Waals surface area contributed by atoms with Crippen molar-refractivity contribution in [1.82, 2.24) is 9.97 Å². The van der Waals surface area contributed by atoms with Gasteiger partial charge in [0.1, 0.15) is 5.75 Å². The number of carbonyl (C=O) groups is 1. The van der Waals surface area contributed by atoms with Gasteiger partial charge in [0, 0.05) is 5.02 Å². The third kappa shape index (κ3) is 3.35. The van der Waals surface area contributed by atoms with Crippen LogP contribution >= 0.6 is 11.6 Å². The molecule has 5 nitrogen and oxygen atoms in total. The summed E-state index contributed by atoms with van der Waals surface area (Å²) in [5, 5.41) is 3.39. The number of rotatable bonds is 4. The van der Waals surface area contributed by atoms with E-state index >= 15 is 0 Å². The molecule has 0 bridgehead atoms. The Kier molecular flexibility index (Phi) is 4.30. The number of benzene rings is 2. The van der Waals surface area contributed by atoms with Gasteiger partial charge in [-0.05, 0) is 29.8 Å². The van der Waals surface area contributed by atoms with Crippen LogP contribution in [0.15, 0.2) is 54.7 Å². The summed E-state index contributed by atoms with van der Waals surface area (Å²) in [4.78, 5) is 19.6. The number of aromatic amines is 1. The molecule has 23 heavy (non-hydrogen) atoms. The zero-order valence-corrected chi connectivity index (χ0v) is 13.1. The molecule has 2 aromatic carbocycles. The molecular formula is C17H14ClN3O2. The number of methoxy groups -OCH3 is 1. The summed E-state index contributed by atoms with van der Waals surface area (Å²) in [6, 6.07) is 14.4. The number of para-hydroxylation sites is 1. The number of nitrogens with one attached hydrogen (secondary N) is 2. The van der Waals surface area contributed by atoms with Gasteiger partial charge in [-0.25, -0.2) is 4.98 Å². The van der Waals surface area contributed by atoms with E-state index in [4.69, 9.17) is 16.3 Å². The molecule has 0 aliphatic rings. The van der Waals surface area contributed by atoms with Gasteiger partial charge in [0.15, 0.2) is 0 Å². The van der Waals surface area contributed by atoms with Crippen molar-refractivity contribution in [3.8, 4) is 17.0 Å². The zero-order valence-electron chi connectivity index (χ0n) is 12.3. The van der Waals surface area contributed by atoms with E-state index in [2.05, 4.69) is 15.3 Å². The van der Waals surface area contributed by atoms with Crippen LogP contribution in [-0.2, 0) is 0 Å². The molecule has 0 atom stereocenters. The van der Waals surface area contributed by atoms with Gasteiger partial charge in [0.25, 0.3) is 5.91 Å². The number of halogens is 1. The lowest BCUT2D eigenvalue weighted by Crippen LogP contribution is -2.14. The zero-order chi connectivity index (χ0) is 16.2. The molecule has 2 N–H and O–H groups in total. The lowest BCUT2D eigenvalue weighted by Gasteiger charge is -2.07. The molecule has 0 aliphatic heterocycles. The predicted octanol–water partition coefficient (Wildman–Crippen LogP) is 3.99. The number of carbonyl (C=O) groups excluding carboxylic acids is 1. The number of hydrogen-bond acceptors (Lipinski definition) is 3. The Morgan fingerprint density at radius 3 is 2.65 bits per heavy atom. The molecule has 0 radical (unpaired) electrons. The summed E-state index contributed by atoms with van der Waals surface area (Å²) in [7, 11) is 1.53. The van der Waals surface area contributed by atoms with Crippen LogP contribution in [-0.4, -0.2) is 23.0 Å². The number of aromatic nitrogens is 2. The third-order valence-corrected chi connectivity index (χ3v) is 3.57. The second-order valence-electron chi connectivity index (χ2n) is 4.81. The van der Waals surface area contributed by atoms with E-state index in [-0.39, 0.29) is 5.91 Å². The third-order valence-electron chi connectivity index (χ3n) is 3.31. The lowest BCUT2D eigenvalue weighted by atomic mass is 10.2. The Labute approximate surface area is 138 Å². The van der Waals surface area contributed by atoms with Crippen molar-refractivity contribution in [2.24, 2.45) is 0 Å². The largest absolute Gasteiger partial charge is 0.496 e. The molecule has 3 rings (SSSR count). The minimum Gasteiger partial charge on any atom is -0.496 e. The van der Waals surface area contributed by atoms with E-state index in [0.717, 1.165) is 11.3 Å². The van der Waals surface area contributed by atoms with Gasteiger partial charge in [-0.3, -0.25) is 10.1 Å². The van der Waals surface area contributed by atoms with Gasteiger partial charge < -0.3 is 9.72 Å². The van der Waals surface area contributed by atoms with Gasteiger partial charge in [0.2, 0.25) is 5.95 Å². The summed E-state index contributed by atoms with van der Waals surface area (Å²) in [5.74, 6) is 0.583. The fraction of sp³-hybridized carbons (Fsp3) is 0.0588. The molecule has 116 valence electrons. The quantitative estimate of drug-likeness (QED) is 0.761. The van der Waals surface area contributed by atoms with Crippen LogP contribution in [0.25, 0.3) is 11.3 Å². The van der Waals surface area contributed by atoms with Crippen LogP contribution in [0.3, 0.4) is 0 Å². The minimum absolute atomic E-state index is 0.292. The Bertz CT molecular complexity index is 828. The van der Waals surface area contributed by atoms with Crippen LogP contribution in [0.5, 0.6) is 5.75 Å². The maximum Gasteiger partial charge on any atom is 0.261 e. The van der Waals surface area contributed by atoms with E-state index in [1.807, 2.05) is 12.1 Å². The second kappa shape index (κ2) is 6.54. The normalized spacial score (nSPS) is 10.3. The molecule has 0 spiro atoms. The van der Waals surface area contributed by atoms with Gasteiger partial charge in [0.05, 0.1) is 24.6 Å². The molecule has 1 amide bonds. The number of H-pyrrole nitrogens is 1. The maximum absolute atomic E-state index is 12.3. The molecule has 3 aromatic rings. The molecule has 0 saturated heterocycles. The van der Waals surface area contributed by atoms with Crippen LogP contribution in [0.2, 0.25) is 5.02 Å². The van der Waals surface area contributed by atoms with Crippen molar-refractivity contribution in [3.05, 3.63) is 65.3 Å². The molecule has 0 fully saturated rings. The summed E-state index contributed by atoms with van der Waals surface area (Å²) in [5.41, 5.74) is 2.16. The fourth-order valence-electron chi connectivity index (χ4n) is 2.17. The van der Waals surface area contributed by atoms with Crippen LogP contribution in [0, 0.1) is 0 Å². The van der Waals surface area contributed by atoms with Crippen molar-refractivity contribution in [3.63, 3.8) is 0 Å². The summed E-state index contributed by atoms with van der Waals surface area (Å²) in [6.45, 7) is 0. The molecule has 0 aliphatic carbocycles. The van der Waals surface area contributed by atoms with Crippen molar-refractivity contribution >= 4 is 23.5 Å². The first-order valence-corrected chi connectivity index (χ1v) is 7.30. The average molecular weight is 328 g/mol. The van der Waals surface area contributed by atoms with Crippen LogP contribution in [0.1, 0.15) is 10.4 Å². The number of hydrogen-bond donors (Lipinski definition) is 2. The fourth-order valence-corrected chi connectivity index (χ4v) is 2.29. The molecule has 0 unspecified atom stereocenters. The standard InChI is InChI=1S/C17H14ClN3O2/c1-23-15-5-3-2-4-13(15)16(22)21-17-19-10-14(20-17)11-6-8-12(18)9-7-11/h2-10H,1H3,(H2,19,20,21,22). The first kappa shape index (κ1) is 15.1. The van der Waals surface area contributed by atoms with Crippen molar-refractivity contribution < 1.29 is 9.53 Å². The smallest absolute Gasteiger partial charge is 0.261 e. The number of imidazole rings is 1. The summed E-state index contributed by atoms with van der Waals surface area (Å²) < 4.78 is 5.19. The monoisotopic (exact) mass is 327 g/mol. The van der Waals surface area contributed by atoms with Crippen molar-refractivity contribution in [2.45, 2.75) is 0 Å². The first-order chi connectivity index (χ1) is 11.2. The average Bonchev–Trinajstić information content (AvgIpc) is 3.04. The highest BCUT2D eigenvalue weighted by Gasteiger charge is 2.13. The van der Waals surface area contributed by atoms with Gasteiger partial charge in [-0.1, -0.05) is 35.9 Å². The van der Waals surface area contributed by atoms with Gasteiger partial charge in [-0.2, -0.15) is 0 Å². The van der Waals surface area contributed by atoms with Gasteiger partial charge >= 0.3 is 0 Å². The summed E-state index contributed by atoms with van der Waals surface area (Å²) in [6.07, 6.45) is 1.65. The Morgan fingerprint density at radius 1 is 1.17 bits per heavy atom. The highest BCUT2D eigenvalue weighted by molar-refractivity contribution is 6.30. The highest BCUT2D eigenvalue weighted by atomic mass is 35.5. The summed E-state index contributed by atoms with van der Waals surface area (Å²) >= 11 is 5.87. The molecule has 0 saturated carbocycles. The van der Waals surface area contributed by atoms with Crippen molar-refractivity contribution in [2.75, 3.05) is 12.4 Å². The molecule has 1 aromatic heterocycles. The van der Waals surface area contributed by atoms with E-state index in [9.17, 15) is 4.79 Å². The molecular weight excluding hydrogens is 314 g/mol. The minimum atomic E-state index is -0.292. The van der Waals surface area contributed by atoms with Gasteiger partial charge in [-0.15, -0.1) is 0 Å². The van der Waals surface area contributed by atoms with Crippen LogP contribution in [0.4, 0.5) is 5.95 Å². The number of nitrogens with zero attached hydrogens (tertiary/aromatic N) is 1. The number of amides is 1. The second-order valence-corrected chi connectivity index (χ2v) is 5.24. The van der Waals surface area contributed by atoms with E-state index in [0.29, 0.717) is 22.3 Å². The van der Waals surface area contributed by atoms with E-state index in [1.54, 1.807) is 42.6 Å². The Balaban J connectivity index is 1.79. The SMILES string of the molecule is COc1ccccc1C(=O)Nc1ncc(-c2ccc(Cl)cc2)[nH]1. The van der Waals surface area contributed by atoms with Crippen molar-refractivity contribution in [1.29, 1.82) is 0 Å². The number of ether oxygens (including phenoxy) is 1. The maximum atomic E-state index is 12.3. The van der Waals surface area contributed by atoms with E-state index in [1.165, 1.54) is 7.11 Å². The lowest BCUT2D eigenvalue weighted by molar-refractivity contribution is 0.102. The number of anilines is 1. The first-order valence-electron chi connectivity index (χ1n) is 6.92.